The summed E-state index contributed by atoms with van der Waals surface area (Å²) in [6.07, 6.45) is -0.00357. The lowest BCUT2D eigenvalue weighted by molar-refractivity contribution is -0.0329. The van der Waals surface area contributed by atoms with E-state index in [1.165, 1.54) is 17.7 Å². The van der Waals surface area contributed by atoms with Gasteiger partial charge in [0.25, 0.3) is 0 Å². The van der Waals surface area contributed by atoms with Crippen molar-refractivity contribution in [3.63, 3.8) is 0 Å². The van der Waals surface area contributed by atoms with Crippen molar-refractivity contribution in [2.24, 2.45) is 0 Å². The maximum atomic E-state index is 13.2. The smallest absolute Gasteiger partial charge is 0.123 e. The molecule has 2 aliphatic rings. The molecule has 168 valence electrons. The quantitative estimate of drug-likeness (QED) is 0.644. The van der Waals surface area contributed by atoms with Crippen molar-refractivity contribution in [2.45, 2.75) is 19.6 Å². The fraction of sp³-hybridized carbons (Fsp3) is 0.520. The first-order valence-corrected chi connectivity index (χ1v) is 11.5. The number of rotatable bonds is 8. The molecule has 0 N–H and O–H groups in total. The van der Waals surface area contributed by atoms with Crippen LogP contribution in [0.3, 0.4) is 0 Å². The van der Waals surface area contributed by atoms with E-state index in [1.54, 1.807) is 0 Å². The van der Waals surface area contributed by atoms with Crippen molar-refractivity contribution in [3.05, 3.63) is 65.5 Å². The van der Waals surface area contributed by atoms with Crippen molar-refractivity contribution in [2.75, 3.05) is 65.6 Å². The van der Waals surface area contributed by atoms with E-state index in [0.29, 0.717) is 6.61 Å². The molecule has 2 heterocycles. The highest BCUT2D eigenvalue weighted by Crippen LogP contribution is 2.24. The van der Waals surface area contributed by atoms with Crippen LogP contribution >= 0.6 is 0 Å². The van der Waals surface area contributed by atoms with Gasteiger partial charge in [-0.2, -0.15) is 0 Å². The lowest BCUT2D eigenvalue weighted by Gasteiger charge is -2.33. The first kappa shape index (κ1) is 22.2. The highest BCUT2D eigenvalue weighted by molar-refractivity contribution is 5.27. The van der Waals surface area contributed by atoms with Gasteiger partial charge in [-0.15, -0.1) is 0 Å². The number of morpholine rings is 1. The molecule has 6 heteroatoms. The van der Waals surface area contributed by atoms with E-state index in [-0.39, 0.29) is 11.9 Å². The van der Waals surface area contributed by atoms with Crippen LogP contribution in [0.5, 0.6) is 5.75 Å². The molecule has 1 unspecified atom stereocenters. The molecule has 2 aromatic carbocycles. The first-order chi connectivity index (χ1) is 15.2. The molecule has 0 spiro atoms. The zero-order valence-corrected chi connectivity index (χ0v) is 18.5. The second-order valence-electron chi connectivity index (χ2n) is 8.41. The summed E-state index contributed by atoms with van der Waals surface area (Å²) in [6.45, 7) is 13.0. The molecule has 2 aliphatic heterocycles. The Morgan fingerprint density at radius 3 is 2.32 bits per heavy atom. The fourth-order valence-electron chi connectivity index (χ4n) is 4.30. The van der Waals surface area contributed by atoms with Crippen LogP contribution in [0.25, 0.3) is 0 Å². The van der Waals surface area contributed by atoms with Crippen LogP contribution in [0.15, 0.2) is 48.5 Å². The molecule has 2 saturated heterocycles. The van der Waals surface area contributed by atoms with E-state index in [0.717, 1.165) is 76.8 Å². The SMILES string of the molecule is CCN1CCN(CCOc2ccc(CN3CCOC(c4ccc(F)cc4)C3)cc2)CC1. The Morgan fingerprint density at radius 1 is 0.903 bits per heavy atom. The first-order valence-electron chi connectivity index (χ1n) is 11.5. The molecule has 31 heavy (non-hydrogen) atoms. The third-order valence-corrected chi connectivity index (χ3v) is 6.31. The molecule has 0 radical (unpaired) electrons. The predicted octanol–water partition coefficient (Wildman–Crippen LogP) is 3.42. The van der Waals surface area contributed by atoms with E-state index in [2.05, 4.69) is 45.9 Å². The van der Waals surface area contributed by atoms with Gasteiger partial charge in [0.15, 0.2) is 0 Å². The van der Waals surface area contributed by atoms with E-state index >= 15 is 0 Å². The van der Waals surface area contributed by atoms with Crippen LogP contribution in [-0.4, -0.2) is 80.3 Å². The van der Waals surface area contributed by atoms with Gasteiger partial charge in [0.2, 0.25) is 0 Å². The number of hydrogen-bond donors (Lipinski definition) is 0. The van der Waals surface area contributed by atoms with Gasteiger partial charge in [-0.25, -0.2) is 4.39 Å². The second-order valence-corrected chi connectivity index (χ2v) is 8.41. The molecule has 2 aromatic rings. The average Bonchev–Trinajstić information content (AvgIpc) is 2.81. The van der Waals surface area contributed by atoms with Gasteiger partial charge in [-0.05, 0) is 41.9 Å². The van der Waals surface area contributed by atoms with Gasteiger partial charge in [-0.1, -0.05) is 31.2 Å². The third-order valence-electron chi connectivity index (χ3n) is 6.31. The Labute approximate surface area is 185 Å². The van der Waals surface area contributed by atoms with Crippen LogP contribution < -0.4 is 4.74 Å². The average molecular weight is 428 g/mol. The molecule has 2 fully saturated rings. The van der Waals surface area contributed by atoms with E-state index in [9.17, 15) is 4.39 Å². The van der Waals surface area contributed by atoms with E-state index in [1.807, 2.05) is 12.1 Å². The summed E-state index contributed by atoms with van der Waals surface area (Å²) in [6, 6.07) is 15.1. The lowest BCUT2D eigenvalue weighted by Crippen LogP contribution is -2.47. The molecule has 5 nitrogen and oxygen atoms in total. The molecule has 0 amide bonds. The van der Waals surface area contributed by atoms with E-state index < -0.39 is 0 Å². The summed E-state index contributed by atoms with van der Waals surface area (Å²) >= 11 is 0. The summed E-state index contributed by atoms with van der Waals surface area (Å²) in [5.41, 5.74) is 2.30. The molecular weight excluding hydrogens is 393 g/mol. The molecular formula is C25H34FN3O2. The predicted molar refractivity (Wildman–Crippen MR) is 121 cm³/mol. The minimum Gasteiger partial charge on any atom is -0.492 e. The Balaban J connectivity index is 1.21. The molecule has 0 aromatic heterocycles. The molecule has 0 bridgehead atoms. The fourth-order valence-corrected chi connectivity index (χ4v) is 4.30. The number of benzene rings is 2. The topological polar surface area (TPSA) is 28.2 Å². The summed E-state index contributed by atoms with van der Waals surface area (Å²) < 4.78 is 25.1. The van der Waals surface area contributed by atoms with Crippen LogP contribution in [0.4, 0.5) is 4.39 Å². The Bertz CT molecular complexity index is 791. The highest BCUT2D eigenvalue weighted by Gasteiger charge is 2.22. The third kappa shape index (κ3) is 6.50. The number of piperazine rings is 1. The van der Waals surface area contributed by atoms with Gasteiger partial charge < -0.3 is 14.4 Å². The van der Waals surface area contributed by atoms with Crippen molar-refractivity contribution in [3.8, 4) is 5.75 Å². The van der Waals surface area contributed by atoms with Crippen molar-refractivity contribution >= 4 is 0 Å². The van der Waals surface area contributed by atoms with Crippen LogP contribution in [0, 0.1) is 5.82 Å². The van der Waals surface area contributed by atoms with Gasteiger partial charge in [0.1, 0.15) is 18.2 Å². The largest absolute Gasteiger partial charge is 0.492 e. The Kier molecular flexibility index (Phi) is 7.92. The molecule has 1 atom stereocenters. The van der Waals surface area contributed by atoms with Crippen LogP contribution in [-0.2, 0) is 11.3 Å². The van der Waals surface area contributed by atoms with Crippen molar-refractivity contribution in [1.29, 1.82) is 0 Å². The van der Waals surface area contributed by atoms with Gasteiger partial charge in [0, 0.05) is 52.4 Å². The minimum atomic E-state index is -0.210. The highest BCUT2D eigenvalue weighted by atomic mass is 19.1. The number of likely N-dealkylation sites (N-methyl/N-ethyl adjacent to an activating group) is 1. The Morgan fingerprint density at radius 2 is 1.61 bits per heavy atom. The zero-order chi connectivity index (χ0) is 21.5. The summed E-state index contributed by atoms with van der Waals surface area (Å²) in [5, 5.41) is 0. The summed E-state index contributed by atoms with van der Waals surface area (Å²) in [7, 11) is 0. The van der Waals surface area contributed by atoms with Crippen molar-refractivity contribution < 1.29 is 13.9 Å². The monoisotopic (exact) mass is 427 g/mol. The van der Waals surface area contributed by atoms with E-state index in [4.69, 9.17) is 9.47 Å². The minimum absolute atomic E-state index is 0.00357. The van der Waals surface area contributed by atoms with Crippen LogP contribution in [0.2, 0.25) is 0 Å². The van der Waals surface area contributed by atoms with Gasteiger partial charge in [-0.3, -0.25) is 9.80 Å². The maximum Gasteiger partial charge on any atom is 0.123 e. The maximum absolute atomic E-state index is 13.2. The van der Waals surface area contributed by atoms with Gasteiger partial charge >= 0.3 is 0 Å². The molecule has 4 rings (SSSR count). The molecule has 0 saturated carbocycles. The lowest BCUT2D eigenvalue weighted by atomic mass is 10.1. The number of halogens is 1. The molecule has 0 aliphatic carbocycles. The number of ether oxygens (including phenoxy) is 2. The van der Waals surface area contributed by atoms with Crippen molar-refractivity contribution in [1.82, 2.24) is 14.7 Å². The number of nitrogens with zero attached hydrogens (tertiary/aromatic N) is 3. The number of hydrogen-bond acceptors (Lipinski definition) is 5. The zero-order valence-electron chi connectivity index (χ0n) is 18.5. The standard InChI is InChI=1S/C25H34FN3O2/c1-2-27-11-13-28(14-12-27)15-17-30-24-9-3-21(4-10-24)19-29-16-18-31-25(20-29)22-5-7-23(26)8-6-22/h3-10,25H,2,11-20H2,1H3. The Hall–Kier alpha value is -1.99. The normalized spacial score (nSPS) is 21.3. The van der Waals surface area contributed by atoms with Crippen LogP contribution in [0.1, 0.15) is 24.2 Å². The summed E-state index contributed by atoms with van der Waals surface area (Å²) in [4.78, 5) is 7.37. The summed E-state index contributed by atoms with van der Waals surface area (Å²) in [5.74, 6) is 0.722. The second kappa shape index (κ2) is 11.0. The van der Waals surface area contributed by atoms with Gasteiger partial charge in [0.05, 0.1) is 12.7 Å².